The first kappa shape index (κ1) is 100. The van der Waals surface area contributed by atoms with Crippen molar-refractivity contribution in [1.82, 2.24) is 0 Å². The molecule has 0 heterocycles. The molecule has 0 aliphatic heterocycles. The standard InChI is InChI=1S/C134H116F10N2O2/c1-6-10-12-20-34-89-80-90(35-21-13-11-7-2)82-99(81-89)132(5)116-83-97(95-52-62-102(63-53-95)145(100-58-48-93(49-59-100)91-36-22-18-23-37-91)104-66-74-112-108-40-26-28-42-114(108)133(118(112)85-104,120-122(135)126(139)130(143)127(140)123(120)136)76-30-14-16-32-78-147-106-68-44-87(8-3)45-69-106)56-72-110(116)111-73-57-98(84-117(111)132)96-54-64-103(65-55-96)146(101-60-50-94(51-61-101)92-38-24-19-25-39-92)105-67-75-113-109-41-27-29-43-115(109)134(119(113)86-105,121-124(137)128(141)131(144)129(142)125(121)138)77-31-15-17-33-79-148-107-70-46-88(9-4)47-71-107/h8-9,18-19,22-29,36-75,80-86H,3-4,6-7,10-17,20-21,30-35,76-79H2,1-2,5H3. The van der Waals surface area contributed by atoms with Crippen molar-refractivity contribution in [1.29, 1.82) is 0 Å². The first-order valence-electron chi connectivity index (χ1n) is 52.0. The molecule has 17 aromatic rings. The maximum atomic E-state index is 17.4. The zero-order chi connectivity index (χ0) is 102. The summed E-state index contributed by atoms with van der Waals surface area (Å²) in [5, 5.41) is 0. The minimum atomic E-state index is -2.22. The molecule has 4 nitrogen and oxygen atoms in total. The minimum Gasteiger partial charge on any atom is -0.494 e. The van der Waals surface area contributed by atoms with Gasteiger partial charge in [0, 0.05) is 50.7 Å². The summed E-state index contributed by atoms with van der Waals surface area (Å²) in [7, 11) is 0. The van der Waals surface area contributed by atoms with Crippen LogP contribution in [-0.4, -0.2) is 13.2 Å². The molecule has 2 unspecified atom stereocenters. The molecule has 20 rings (SSSR count). The summed E-state index contributed by atoms with van der Waals surface area (Å²) in [6.45, 7) is 15.4. The van der Waals surface area contributed by atoms with Crippen LogP contribution in [0.15, 0.2) is 359 Å². The molecular formula is C134H116F10N2O2. The molecule has 0 aromatic heterocycles. The van der Waals surface area contributed by atoms with Gasteiger partial charge in [-0.3, -0.25) is 0 Å². The van der Waals surface area contributed by atoms with E-state index in [1.165, 1.54) is 16.7 Å². The van der Waals surface area contributed by atoms with Gasteiger partial charge in [-0.2, -0.15) is 0 Å². The van der Waals surface area contributed by atoms with Gasteiger partial charge in [-0.15, -0.1) is 0 Å². The third-order valence-corrected chi connectivity index (χ3v) is 30.8. The zero-order valence-electron chi connectivity index (χ0n) is 83.5. The quantitative estimate of drug-likeness (QED) is 0.0165. The Hall–Kier alpha value is -15.3. The Kier molecular flexibility index (Phi) is 29.6. The average molecular weight is 1980 g/mol. The SMILES string of the molecule is C=Cc1ccc(OCCCCCCC2(c3c(F)c(F)c(F)c(F)c3F)c3ccccc3-c3ccc(N(c4ccc(-c5ccccc5)cc4)c4ccc(-c5ccc6c(c5)C(C)(c5cc(CCCCCC)cc(CCCCCC)c5)c5cc(-c7ccc(N(c8ccc(-c9ccccc9)cc8)c8ccc9c(c8)C(CCCCCCOc8ccc(C=C)cc8)(c8c(F)c(F)c(F)c(F)c8F)c8ccccc8-9)cc7)ccc5-6)cc4)cc32)cc1. The summed E-state index contributed by atoms with van der Waals surface area (Å²) < 4.78 is 178. The second-order valence-corrected chi connectivity index (χ2v) is 39.7. The number of unbranched alkanes of at least 4 members (excludes halogenated alkanes) is 12. The highest BCUT2D eigenvalue weighted by Gasteiger charge is 2.53. The van der Waals surface area contributed by atoms with Crippen LogP contribution in [-0.2, 0) is 29.1 Å². The van der Waals surface area contributed by atoms with Gasteiger partial charge < -0.3 is 19.3 Å². The van der Waals surface area contributed by atoms with Gasteiger partial charge in [0.15, 0.2) is 46.5 Å². The lowest BCUT2D eigenvalue weighted by molar-refractivity contribution is 0.303. The summed E-state index contributed by atoms with van der Waals surface area (Å²) in [6, 6.07) is 115. The van der Waals surface area contributed by atoms with E-state index < -0.39 is 85.5 Å². The molecule has 0 spiro atoms. The van der Waals surface area contributed by atoms with E-state index in [4.69, 9.17) is 9.47 Å². The number of halogens is 10. The number of benzene rings is 17. The number of hydrogen-bond donors (Lipinski definition) is 0. The van der Waals surface area contributed by atoms with Crippen LogP contribution in [0.1, 0.15) is 209 Å². The van der Waals surface area contributed by atoms with E-state index in [-0.39, 0.29) is 12.8 Å². The molecule has 0 bridgehead atoms. The molecular weight excluding hydrogens is 1860 g/mol. The number of fused-ring (bicyclic) bond motifs is 9. The number of rotatable bonds is 41. The van der Waals surface area contributed by atoms with Crippen LogP contribution in [0.3, 0.4) is 0 Å². The van der Waals surface area contributed by atoms with E-state index in [9.17, 15) is 0 Å². The molecule has 17 aromatic carbocycles. The van der Waals surface area contributed by atoms with Crippen molar-refractivity contribution in [3.63, 3.8) is 0 Å². The van der Waals surface area contributed by atoms with Crippen LogP contribution in [0.25, 0.3) is 90.0 Å². The average Bonchev–Trinajstić information content (AvgIpc) is 1.56. The van der Waals surface area contributed by atoms with Crippen molar-refractivity contribution in [3.8, 4) is 89.4 Å². The van der Waals surface area contributed by atoms with Crippen molar-refractivity contribution in [2.45, 2.75) is 165 Å². The Morgan fingerprint density at radius 1 is 0.250 bits per heavy atom. The van der Waals surface area contributed by atoms with Crippen LogP contribution >= 0.6 is 0 Å². The Bertz CT molecular complexity index is 7220. The molecule has 3 aliphatic rings. The Morgan fingerprint density at radius 3 is 0.899 bits per heavy atom. The first-order chi connectivity index (χ1) is 72.2. The number of anilines is 6. The predicted molar refractivity (Wildman–Crippen MR) is 584 cm³/mol. The van der Waals surface area contributed by atoms with E-state index in [1.54, 1.807) is 36.4 Å². The largest absolute Gasteiger partial charge is 0.494 e. The molecule has 2 atom stereocenters. The van der Waals surface area contributed by atoms with Gasteiger partial charge in [-0.1, -0.05) is 353 Å². The van der Waals surface area contributed by atoms with E-state index in [2.05, 4.69) is 171 Å². The minimum absolute atomic E-state index is 0.00618. The maximum Gasteiger partial charge on any atom is 0.200 e. The maximum absolute atomic E-state index is 17.4. The van der Waals surface area contributed by atoms with Crippen molar-refractivity contribution in [2.75, 3.05) is 23.0 Å². The first-order valence-corrected chi connectivity index (χ1v) is 52.0. The highest BCUT2D eigenvalue weighted by Crippen LogP contribution is 2.62. The van der Waals surface area contributed by atoms with Crippen LogP contribution < -0.4 is 19.3 Å². The van der Waals surface area contributed by atoms with E-state index in [0.717, 1.165) is 165 Å². The van der Waals surface area contributed by atoms with Gasteiger partial charge in [-0.05, 0) is 307 Å². The molecule has 0 amide bonds. The summed E-state index contributed by atoms with van der Waals surface area (Å²) in [5.41, 5.74) is 20.0. The van der Waals surface area contributed by atoms with Gasteiger partial charge in [-0.25, -0.2) is 43.9 Å². The van der Waals surface area contributed by atoms with Gasteiger partial charge >= 0.3 is 0 Å². The lowest BCUT2D eigenvalue weighted by Gasteiger charge is -2.35. The number of nitrogens with zero attached hydrogens (tertiary/aromatic N) is 2. The fraction of sp³-hybridized carbons (Fsp3) is 0.209. The molecule has 3 aliphatic carbocycles. The summed E-state index contributed by atoms with van der Waals surface area (Å²) >= 11 is 0. The summed E-state index contributed by atoms with van der Waals surface area (Å²) in [4.78, 5) is 4.17. The van der Waals surface area contributed by atoms with Crippen molar-refractivity contribution in [2.24, 2.45) is 0 Å². The fourth-order valence-electron chi connectivity index (χ4n) is 23.2. The highest BCUT2D eigenvalue weighted by atomic mass is 19.2. The second kappa shape index (κ2) is 43.8. The number of aryl methyl sites for hydroxylation is 2. The van der Waals surface area contributed by atoms with Crippen LogP contribution in [0.5, 0.6) is 11.5 Å². The molecule has 14 heteroatoms. The molecule has 0 fully saturated rings. The molecule has 0 saturated carbocycles. The highest BCUT2D eigenvalue weighted by molar-refractivity contribution is 5.93. The van der Waals surface area contributed by atoms with Gasteiger partial charge in [0.25, 0.3) is 0 Å². The topological polar surface area (TPSA) is 24.9 Å². The molecule has 0 N–H and O–H groups in total. The Balaban J connectivity index is 0.674. The smallest absolute Gasteiger partial charge is 0.200 e. The fourth-order valence-corrected chi connectivity index (χ4v) is 23.2. The van der Waals surface area contributed by atoms with Crippen LogP contribution in [0, 0.1) is 58.2 Å². The van der Waals surface area contributed by atoms with Crippen LogP contribution in [0.4, 0.5) is 78.0 Å². The van der Waals surface area contributed by atoms with Gasteiger partial charge in [0.05, 0.1) is 24.0 Å². The van der Waals surface area contributed by atoms with Gasteiger partial charge in [0.2, 0.25) is 11.6 Å². The number of hydrogen-bond acceptors (Lipinski definition) is 4. The molecule has 744 valence electrons. The summed E-state index contributed by atoms with van der Waals surface area (Å²) in [5.74, 6) is -18.6. The van der Waals surface area contributed by atoms with E-state index >= 15 is 43.9 Å². The monoisotopic (exact) mass is 1970 g/mol. The third kappa shape index (κ3) is 19.2. The third-order valence-electron chi connectivity index (χ3n) is 30.8. The zero-order valence-corrected chi connectivity index (χ0v) is 83.5. The Labute approximate surface area is 861 Å². The lowest BCUT2D eigenvalue weighted by atomic mass is 9.68. The molecule has 148 heavy (non-hydrogen) atoms. The van der Waals surface area contributed by atoms with Gasteiger partial charge in [0.1, 0.15) is 11.5 Å². The second-order valence-electron chi connectivity index (χ2n) is 39.7. The Morgan fingerprint density at radius 2 is 0.541 bits per heavy atom. The normalized spacial score (nSPS) is 15.0. The predicted octanol–water partition coefficient (Wildman–Crippen LogP) is 38.2. The van der Waals surface area contributed by atoms with E-state index in [1.807, 2.05) is 194 Å². The van der Waals surface area contributed by atoms with E-state index in [0.29, 0.717) is 132 Å². The molecule has 0 saturated heterocycles. The number of ether oxygens (including phenoxy) is 2. The van der Waals surface area contributed by atoms with Crippen molar-refractivity contribution in [3.05, 3.63) is 489 Å². The van der Waals surface area contributed by atoms with Crippen molar-refractivity contribution < 1.29 is 53.4 Å². The summed E-state index contributed by atoms with van der Waals surface area (Å²) in [6.07, 6.45) is 18.7. The van der Waals surface area contributed by atoms with Crippen molar-refractivity contribution >= 4 is 46.3 Å². The van der Waals surface area contributed by atoms with Crippen LogP contribution in [0.2, 0.25) is 0 Å². The molecule has 0 radical (unpaired) electrons. The lowest BCUT2D eigenvalue weighted by Crippen LogP contribution is -2.31.